The minimum atomic E-state index is -1.51. The molecule has 1 fully saturated rings. The molecule has 1 unspecified atom stereocenters. The molecule has 3 heteroatoms. The van der Waals surface area contributed by atoms with Gasteiger partial charge in [-0.15, -0.1) is 0 Å². The summed E-state index contributed by atoms with van der Waals surface area (Å²) in [6.45, 7) is 0. The second kappa shape index (κ2) is 0.753. The smallest absolute Gasteiger partial charge is 0.180 e. The van der Waals surface area contributed by atoms with Crippen LogP contribution in [0.15, 0.2) is 0 Å². The third kappa shape index (κ3) is 0.408. The van der Waals surface area contributed by atoms with Crippen LogP contribution >= 0.6 is 0 Å². The zero-order valence-electron chi connectivity index (χ0n) is 3.26. The molecule has 36 valence electrons. The van der Waals surface area contributed by atoms with Crippen LogP contribution in [-0.4, -0.2) is 22.0 Å². The molecule has 0 radical (unpaired) electrons. The summed E-state index contributed by atoms with van der Waals surface area (Å²) in [4.78, 5) is 0. The topological polar surface area (TPSA) is 66.5 Å². The van der Waals surface area contributed by atoms with Crippen molar-refractivity contribution in [2.75, 3.05) is 0 Å². The maximum absolute atomic E-state index is 8.33. The molecule has 1 saturated carbocycles. The van der Waals surface area contributed by atoms with Crippen molar-refractivity contribution in [2.24, 2.45) is 5.73 Å². The van der Waals surface area contributed by atoms with E-state index < -0.39 is 11.8 Å². The quantitative estimate of drug-likeness (QED) is 0.313. The van der Waals surface area contributed by atoms with Crippen LogP contribution in [-0.2, 0) is 0 Å². The van der Waals surface area contributed by atoms with Gasteiger partial charge in [0, 0.05) is 6.42 Å². The van der Waals surface area contributed by atoms with Crippen LogP contribution in [0.3, 0.4) is 0 Å². The van der Waals surface area contributed by atoms with Crippen LogP contribution in [0.5, 0.6) is 0 Å². The van der Waals surface area contributed by atoms with E-state index in [4.69, 9.17) is 15.9 Å². The van der Waals surface area contributed by atoms with Crippen LogP contribution in [0.4, 0.5) is 0 Å². The van der Waals surface area contributed by atoms with Crippen molar-refractivity contribution in [2.45, 2.75) is 18.2 Å². The summed E-state index contributed by atoms with van der Waals surface area (Å²) in [7, 11) is 0. The van der Waals surface area contributed by atoms with E-state index in [2.05, 4.69) is 0 Å². The van der Waals surface area contributed by atoms with E-state index in [9.17, 15) is 0 Å². The summed E-state index contributed by atoms with van der Waals surface area (Å²) in [6.07, 6.45) is 0.326. The van der Waals surface area contributed by atoms with E-state index >= 15 is 0 Å². The summed E-state index contributed by atoms with van der Waals surface area (Å²) >= 11 is 0. The highest BCUT2D eigenvalue weighted by atomic mass is 16.5. The van der Waals surface area contributed by atoms with Crippen molar-refractivity contribution in [3.05, 3.63) is 0 Å². The Morgan fingerprint density at radius 3 is 1.83 bits per heavy atom. The van der Waals surface area contributed by atoms with E-state index in [1.807, 2.05) is 0 Å². The highest BCUT2D eigenvalue weighted by molar-refractivity contribution is 4.97. The fourth-order valence-electron chi connectivity index (χ4n) is 0.265. The summed E-state index contributed by atoms with van der Waals surface area (Å²) < 4.78 is 0. The molecule has 0 aromatic heterocycles. The van der Waals surface area contributed by atoms with Gasteiger partial charge in [-0.3, -0.25) is 0 Å². The zero-order valence-corrected chi connectivity index (χ0v) is 3.26. The molecule has 0 bridgehead atoms. The Morgan fingerprint density at radius 1 is 1.67 bits per heavy atom. The Bertz CT molecular complexity index is 71.2. The Hall–Kier alpha value is -0.120. The molecule has 0 saturated heterocycles. The first kappa shape index (κ1) is 4.05. The van der Waals surface area contributed by atoms with Gasteiger partial charge in [-0.05, 0) is 0 Å². The molecule has 1 atom stereocenters. The fourth-order valence-corrected chi connectivity index (χ4v) is 0.265. The number of nitrogens with two attached hydrogens (primary N) is 1. The minimum absolute atomic E-state index is 0.326. The molecule has 0 heterocycles. The summed E-state index contributed by atoms with van der Waals surface area (Å²) in [6, 6.07) is -0.391. The molecule has 1 aliphatic rings. The average molecular weight is 89.1 g/mol. The first-order valence-corrected chi connectivity index (χ1v) is 1.83. The van der Waals surface area contributed by atoms with Crippen molar-refractivity contribution in [1.29, 1.82) is 0 Å². The third-order valence-corrected chi connectivity index (χ3v) is 0.954. The number of hydrogen-bond donors (Lipinski definition) is 3. The van der Waals surface area contributed by atoms with Crippen LogP contribution < -0.4 is 5.73 Å². The average Bonchev–Trinajstić information content (AvgIpc) is 1.73. The molecule has 3 nitrogen and oxygen atoms in total. The van der Waals surface area contributed by atoms with Crippen LogP contribution in [0.25, 0.3) is 0 Å². The summed E-state index contributed by atoms with van der Waals surface area (Å²) in [5.41, 5.74) is 5.00. The van der Waals surface area contributed by atoms with Gasteiger partial charge in [0.1, 0.15) is 0 Å². The van der Waals surface area contributed by atoms with Gasteiger partial charge in [0.25, 0.3) is 0 Å². The van der Waals surface area contributed by atoms with E-state index in [1.54, 1.807) is 0 Å². The first-order chi connectivity index (χ1) is 2.63. The minimum Gasteiger partial charge on any atom is -0.364 e. The van der Waals surface area contributed by atoms with Crippen molar-refractivity contribution in [3.8, 4) is 0 Å². The zero-order chi connectivity index (χ0) is 4.78. The Kier molecular flexibility index (Phi) is 0.508. The molecule has 0 aliphatic heterocycles. The molecule has 4 N–H and O–H groups in total. The fraction of sp³-hybridized carbons (Fsp3) is 1.00. The number of rotatable bonds is 0. The van der Waals surface area contributed by atoms with E-state index in [1.165, 1.54) is 0 Å². The molecule has 6 heavy (non-hydrogen) atoms. The second-order valence-electron chi connectivity index (χ2n) is 1.69. The van der Waals surface area contributed by atoms with Gasteiger partial charge in [0.2, 0.25) is 0 Å². The van der Waals surface area contributed by atoms with Crippen molar-refractivity contribution >= 4 is 0 Å². The Labute approximate surface area is 35.4 Å². The van der Waals surface area contributed by atoms with Gasteiger partial charge in [-0.25, -0.2) is 0 Å². The predicted octanol–water partition coefficient (Wildman–Crippen LogP) is -1.60. The maximum Gasteiger partial charge on any atom is 0.180 e. The lowest BCUT2D eigenvalue weighted by Gasteiger charge is -1.91. The molecule has 0 aromatic carbocycles. The van der Waals surface area contributed by atoms with Crippen LogP contribution in [0, 0.1) is 0 Å². The van der Waals surface area contributed by atoms with Gasteiger partial charge in [-0.2, -0.15) is 0 Å². The molecule has 0 aromatic rings. The SMILES string of the molecule is NC1CC1(O)O. The lowest BCUT2D eigenvalue weighted by molar-refractivity contribution is -0.0725. The number of aliphatic hydroxyl groups is 2. The largest absolute Gasteiger partial charge is 0.364 e. The molecule has 1 aliphatic carbocycles. The second-order valence-corrected chi connectivity index (χ2v) is 1.69. The number of hydrogen-bond acceptors (Lipinski definition) is 3. The van der Waals surface area contributed by atoms with Crippen molar-refractivity contribution < 1.29 is 10.2 Å². The maximum atomic E-state index is 8.33. The Balaban J connectivity index is 2.41. The van der Waals surface area contributed by atoms with E-state index in [0.29, 0.717) is 6.42 Å². The highest BCUT2D eigenvalue weighted by Gasteiger charge is 2.48. The van der Waals surface area contributed by atoms with E-state index in [-0.39, 0.29) is 0 Å². The molecular formula is C3H7NO2. The van der Waals surface area contributed by atoms with Crippen molar-refractivity contribution in [1.82, 2.24) is 0 Å². The van der Waals surface area contributed by atoms with Gasteiger partial charge >= 0.3 is 0 Å². The normalized spacial score (nSPS) is 39.5. The molecular weight excluding hydrogens is 82.0 g/mol. The molecule has 0 spiro atoms. The third-order valence-electron chi connectivity index (χ3n) is 0.954. The first-order valence-electron chi connectivity index (χ1n) is 1.83. The van der Waals surface area contributed by atoms with Gasteiger partial charge in [0.05, 0.1) is 6.04 Å². The molecule has 0 amide bonds. The Morgan fingerprint density at radius 2 is 1.83 bits per heavy atom. The summed E-state index contributed by atoms with van der Waals surface area (Å²) in [5, 5.41) is 16.7. The summed E-state index contributed by atoms with van der Waals surface area (Å²) in [5.74, 6) is -1.51. The monoisotopic (exact) mass is 89.0 g/mol. The lowest BCUT2D eigenvalue weighted by atomic mass is 10.7. The standard InChI is InChI=1S/C3H7NO2/c4-2-1-3(2,5)6/h2,5-6H,1,4H2. The van der Waals surface area contributed by atoms with Crippen LogP contribution in [0.2, 0.25) is 0 Å². The predicted molar refractivity (Wildman–Crippen MR) is 19.8 cm³/mol. The van der Waals surface area contributed by atoms with Gasteiger partial charge < -0.3 is 15.9 Å². The van der Waals surface area contributed by atoms with Crippen molar-refractivity contribution in [3.63, 3.8) is 0 Å². The van der Waals surface area contributed by atoms with Gasteiger partial charge in [-0.1, -0.05) is 0 Å². The van der Waals surface area contributed by atoms with Crippen LogP contribution in [0.1, 0.15) is 6.42 Å². The highest BCUT2D eigenvalue weighted by Crippen LogP contribution is 2.29. The molecule has 1 rings (SSSR count). The lowest BCUT2D eigenvalue weighted by Crippen LogP contribution is -2.17. The van der Waals surface area contributed by atoms with E-state index in [0.717, 1.165) is 0 Å². The van der Waals surface area contributed by atoms with Gasteiger partial charge in [0.15, 0.2) is 5.79 Å².